The number of hydrogen-bond acceptors (Lipinski definition) is 3. The summed E-state index contributed by atoms with van der Waals surface area (Å²) in [7, 11) is 3.24. The number of benzene rings is 1. The van der Waals surface area contributed by atoms with Crippen LogP contribution >= 0.6 is 0 Å². The highest BCUT2D eigenvalue weighted by molar-refractivity contribution is 5.39. The van der Waals surface area contributed by atoms with E-state index in [9.17, 15) is 0 Å². The van der Waals surface area contributed by atoms with Crippen LogP contribution in [0.1, 0.15) is 11.3 Å². The summed E-state index contributed by atoms with van der Waals surface area (Å²) in [6.07, 6.45) is 2.48. The van der Waals surface area contributed by atoms with Crippen molar-refractivity contribution in [3.63, 3.8) is 0 Å². The van der Waals surface area contributed by atoms with Crippen molar-refractivity contribution in [1.82, 2.24) is 4.98 Å². The number of methoxy groups -OCH3 is 2. The molecule has 0 N–H and O–H groups in total. The molecule has 1 heterocycles. The van der Waals surface area contributed by atoms with Crippen molar-refractivity contribution in [1.29, 1.82) is 0 Å². The number of rotatable bonds is 4. The zero-order valence-electron chi connectivity index (χ0n) is 10.0. The van der Waals surface area contributed by atoms with Gasteiger partial charge >= 0.3 is 0 Å². The summed E-state index contributed by atoms with van der Waals surface area (Å²) in [5, 5.41) is 0. The minimum Gasteiger partial charge on any atom is -0.493 e. The first kappa shape index (κ1) is 11.5. The van der Waals surface area contributed by atoms with E-state index in [1.165, 1.54) is 5.56 Å². The van der Waals surface area contributed by atoms with E-state index in [0.29, 0.717) is 11.5 Å². The summed E-state index contributed by atoms with van der Waals surface area (Å²) in [5.74, 6) is 1.37. The summed E-state index contributed by atoms with van der Waals surface area (Å²) < 4.78 is 10.4. The molecule has 0 amide bonds. The molecule has 0 unspecified atom stereocenters. The van der Waals surface area contributed by atoms with Crippen molar-refractivity contribution >= 4 is 0 Å². The van der Waals surface area contributed by atoms with Gasteiger partial charge in [-0.3, -0.25) is 4.98 Å². The van der Waals surface area contributed by atoms with Gasteiger partial charge in [0.25, 0.3) is 0 Å². The van der Waals surface area contributed by atoms with Crippen LogP contribution in [0.25, 0.3) is 0 Å². The number of ether oxygens (including phenoxy) is 2. The van der Waals surface area contributed by atoms with Gasteiger partial charge in [-0.25, -0.2) is 0 Å². The molecule has 0 radical (unpaired) electrons. The van der Waals surface area contributed by atoms with Crippen LogP contribution in [0.2, 0.25) is 0 Å². The fourth-order valence-electron chi connectivity index (χ4n) is 1.68. The highest BCUT2D eigenvalue weighted by Gasteiger charge is 2.06. The molecule has 0 atom stereocenters. The Labute approximate surface area is 101 Å². The van der Waals surface area contributed by atoms with Crippen LogP contribution in [-0.2, 0) is 6.42 Å². The van der Waals surface area contributed by atoms with E-state index in [1.54, 1.807) is 20.4 Å². The molecule has 3 heteroatoms. The normalized spacial score (nSPS) is 10.0. The zero-order chi connectivity index (χ0) is 12.1. The van der Waals surface area contributed by atoms with Gasteiger partial charge in [-0.2, -0.15) is 0 Å². The first-order chi connectivity index (χ1) is 8.33. The molecule has 1 aromatic carbocycles. The van der Waals surface area contributed by atoms with Crippen LogP contribution in [0.5, 0.6) is 11.5 Å². The Bertz CT molecular complexity index is 483. The molecule has 0 aliphatic carbocycles. The van der Waals surface area contributed by atoms with Gasteiger partial charge in [-0.1, -0.05) is 30.3 Å². The van der Waals surface area contributed by atoms with Gasteiger partial charge < -0.3 is 9.47 Å². The fourth-order valence-corrected chi connectivity index (χ4v) is 1.68. The lowest BCUT2D eigenvalue weighted by Gasteiger charge is -2.08. The van der Waals surface area contributed by atoms with Crippen molar-refractivity contribution in [2.75, 3.05) is 14.2 Å². The number of pyridine rings is 1. The Morgan fingerprint density at radius 2 is 1.71 bits per heavy atom. The molecule has 0 saturated carbocycles. The third-order valence-electron chi connectivity index (χ3n) is 2.56. The highest BCUT2D eigenvalue weighted by Crippen LogP contribution is 2.26. The van der Waals surface area contributed by atoms with Crippen molar-refractivity contribution in [3.05, 3.63) is 53.9 Å². The van der Waals surface area contributed by atoms with Crippen molar-refractivity contribution in [2.45, 2.75) is 6.42 Å². The summed E-state index contributed by atoms with van der Waals surface area (Å²) in [5.41, 5.74) is 2.20. The molecule has 1 aromatic heterocycles. The van der Waals surface area contributed by atoms with Crippen LogP contribution in [0.3, 0.4) is 0 Å². The van der Waals surface area contributed by atoms with Gasteiger partial charge in [-0.05, 0) is 5.56 Å². The minimum atomic E-state index is 0.657. The average molecular weight is 229 g/mol. The van der Waals surface area contributed by atoms with Crippen LogP contribution < -0.4 is 9.47 Å². The third kappa shape index (κ3) is 2.75. The second kappa shape index (κ2) is 5.34. The first-order valence-corrected chi connectivity index (χ1v) is 5.44. The van der Waals surface area contributed by atoms with Gasteiger partial charge in [0.15, 0.2) is 11.5 Å². The maximum atomic E-state index is 5.25. The molecule has 0 aliphatic rings. The average Bonchev–Trinajstić information content (AvgIpc) is 2.40. The predicted molar refractivity (Wildman–Crippen MR) is 66.6 cm³/mol. The van der Waals surface area contributed by atoms with Gasteiger partial charge in [-0.15, -0.1) is 0 Å². The molecule has 0 spiro atoms. The van der Waals surface area contributed by atoms with E-state index in [1.807, 2.05) is 24.3 Å². The topological polar surface area (TPSA) is 31.4 Å². The van der Waals surface area contributed by atoms with Crippen LogP contribution in [0.15, 0.2) is 42.6 Å². The van der Waals surface area contributed by atoms with Gasteiger partial charge in [0.05, 0.1) is 20.4 Å². The second-order valence-electron chi connectivity index (χ2n) is 3.69. The molecule has 0 bridgehead atoms. The van der Waals surface area contributed by atoms with E-state index in [-0.39, 0.29) is 0 Å². The summed E-state index contributed by atoms with van der Waals surface area (Å²) in [6.45, 7) is 0. The van der Waals surface area contributed by atoms with Gasteiger partial charge in [0, 0.05) is 18.2 Å². The first-order valence-electron chi connectivity index (χ1n) is 5.44. The molecule has 0 saturated heterocycles. The largest absolute Gasteiger partial charge is 0.493 e. The third-order valence-corrected chi connectivity index (χ3v) is 2.56. The molecule has 0 aliphatic heterocycles. The van der Waals surface area contributed by atoms with Crippen molar-refractivity contribution < 1.29 is 9.47 Å². The van der Waals surface area contributed by atoms with Crippen molar-refractivity contribution in [2.24, 2.45) is 0 Å². The standard InChI is InChI=1S/C14H15NO2/c1-16-13-9-12(15-10-14(13)17-2)8-11-6-4-3-5-7-11/h3-7,9-10H,8H2,1-2H3. The summed E-state index contributed by atoms with van der Waals surface area (Å²) in [6, 6.07) is 12.1. The monoisotopic (exact) mass is 229 g/mol. The van der Waals surface area contributed by atoms with Crippen molar-refractivity contribution in [3.8, 4) is 11.5 Å². The molecule has 17 heavy (non-hydrogen) atoms. The van der Waals surface area contributed by atoms with E-state index < -0.39 is 0 Å². The predicted octanol–water partition coefficient (Wildman–Crippen LogP) is 2.69. The molecule has 2 rings (SSSR count). The van der Waals surface area contributed by atoms with E-state index >= 15 is 0 Å². The lowest BCUT2D eigenvalue weighted by molar-refractivity contribution is 0.352. The number of aromatic nitrogens is 1. The smallest absolute Gasteiger partial charge is 0.179 e. The molecule has 0 fully saturated rings. The number of nitrogens with zero attached hydrogens (tertiary/aromatic N) is 1. The maximum Gasteiger partial charge on any atom is 0.179 e. The lowest BCUT2D eigenvalue weighted by Crippen LogP contribution is -1.96. The Hall–Kier alpha value is -2.03. The van der Waals surface area contributed by atoms with Gasteiger partial charge in [0.1, 0.15) is 0 Å². The zero-order valence-corrected chi connectivity index (χ0v) is 10.0. The Morgan fingerprint density at radius 1 is 1.00 bits per heavy atom. The Morgan fingerprint density at radius 3 is 2.35 bits per heavy atom. The Balaban J connectivity index is 2.22. The highest BCUT2D eigenvalue weighted by atomic mass is 16.5. The second-order valence-corrected chi connectivity index (χ2v) is 3.69. The van der Waals surface area contributed by atoms with E-state index in [4.69, 9.17) is 9.47 Å². The van der Waals surface area contributed by atoms with Crippen LogP contribution in [-0.4, -0.2) is 19.2 Å². The van der Waals surface area contributed by atoms with E-state index in [0.717, 1.165) is 12.1 Å². The number of hydrogen-bond donors (Lipinski definition) is 0. The summed E-state index contributed by atoms with van der Waals surface area (Å²) in [4.78, 5) is 4.35. The van der Waals surface area contributed by atoms with Gasteiger partial charge in [0.2, 0.25) is 0 Å². The fraction of sp³-hybridized carbons (Fsp3) is 0.214. The SMILES string of the molecule is COc1cnc(Cc2ccccc2)cc1OC. The van der Waals surface area contributed by atoms with Crippen LogP contribution in [0, 0.1) is 0 Å². The molecular weight excluding hydrogens is 214 g/mol. The molecule has 3 nitrogen and oxygen atoms in total. The molecule has 2 aromatic rings. The van der Waals surface area contributed by atoms with Crippen LogP contribution in [0.4, 0.5) is 0 Å². The molecule has 88 valence electrons. The minimum absolute atomic E-state index is 0.657. The lowest BCUT2D eigenvalue weighted by atomic mass is 10.1. The molecular formula is C14H15NO2. The maximum absolute atomic E-state index is 5.25. The summed E-state index contributed by atoms with van der Waals surface area (Å²) >= 11 is 0. The quantitative estimate of drug-likeness (QED) is 0.807. The van der Waals surface area contributed by atoms with E-state index in [2.05, 4.69) is 17.1 Å². The Kier molecular flexibility index (Phi) is 3.60.